The molecule has 0 fully saturated rings. The van der Waals surface area contributed by atoms with Crippen LogP contribution in [-0.2, 0) is 4.79 Å². The molecule has 31 heavy (non-hydrogen) atoms. The first kappa shape index (κ1) is 21.7. The molecule has 0 unspecified atom stereocenters. The molecule has 2 aromatic heterocycles. The van der Waals surface area contributed by atoms with Gasteiger partial charge in [-0.15, -0.1) is 0 Å². The van der Waals surface area contributed by atoms with Gasteiger partial charge in [-0.3, -0.25) is 9.59 Å². The maximum absolute atomic E-state index is 12.6. The Morgan fingerprint density at radius 2 is 2.06 bits per heavy atom. The molecular formula is C24H25N5O2. The second-order valence-corrected chi connectivity index (χ2v) is 6.88. The minimum atomic E-state index is -0.319. The number of carbonyl (C=O) groups is 2. The lowest BCUT2D eigenvalue weighted by Gasteiger charge is -2.18. The Kier molecular flexibility index (Phi) is 7.48. The van der Waals surface area contributed by atoms with Crippen molar-refractivity contribution in [2.24, 2.45) is 0 Å². The SMILES string of the molecule is C=C/C=C(\C=C)C1=CCCN(C(=O)/C=C/c2ccc(NC(=O)c3cnc[nH]3)nc2)CC1. The van der Waals surface area contributed by atoms with Gasteiger partial charge in [0.05, 0.1) is 12.5 Å². The van der Waals surface area contributed by atoms with Gasteiger partial charge in [-0.2, -0.15) is 0 Å². The molecule has 2 N–H and O–H groups in total. The Hall–Kier alpha value is -4.00. The fraction of sp³-hybridized carbons (Fsp3) is 0.167. The summed E-state index contributed by atoms with van der Waals surface area (Å²) in [6.07, 6.45) is 17.0. The summed E-state index contributed by atoms with van der Waals surface area (Å²) in [5.74, 6) is 0.0547. The molecule has 3 rings (SSSR count). The summed E-state index contributed by atoms with van der Waals surface area (Å²) in [7, 11) is 0. The number of anilines is 1. The lowest BCUT2D eigenvalue weighted by molar-refractivity contribution is -0.125. The first-order valence-electron chi connectivity index (χ1n) is 9.98. The molecule has 0 saturated carbocycles. The molecule has 2 aromatic rings. The summed E-state index contributed by atoms with van der Waals surface area (Å²) >= 11 is 0. The van der Waals surface area contributed by atoms with Crippen molar-refractivity contribution in [1.29, 1.82) is 0 Å². The number of aromatic nitrogens is 3. The quantitative estimate of drug-likeness (QED) is 0.530. The fourth-order valence-electron chi connectivity index (χ4n) is 3.19. The number of H-pyrrole nitrogens is 1. The van der Waals surface area contributed by atoms with Gasteiger partial charge in [-0.25, -0.2) is 9.97 Å². The van der Waals surface area contributed by atoms with Crippen molar-refractivity contribution in [3.8, 4) is 0 Å². The predicted molar refractivity (Wildman–Crippen MR) is 122 cm³/mol. The number of pyridine rings is 1. The Labute approximate surface area is 181 Å². The average Bonchev–Trinajstić information content (AvgIpc) is 3.22. The van der Waals surface area contributed by atoms with Crippen molar-refractivity contribution >= 4 is 23.7 Å². The molecule has 0 radical (unpaired) electrons. The maximum atomic E-state index is 12.6. The smallest absolute Gasteiger partial charge is 0.274 e. The van der Waals surface area contributed by atoms with Gasteiger partial charge in [0.2, 0.25) is 5.91 Å². The standard InChI is InChI=1S/C24H25N5O2/c1-3-6-19(4-2)20-7-5-13-29(14-12-20)23(30)11-9-18-8-10-22(26-15-18)28-24(31)21-16-25-17-27-21/h3-4,6-11,15-17H,1-2,5,12-14H2,(H,25,27)(H,26,28,31)/b11-9+,19-6+. The van der Waals surface area contributed by atoms with Gasteiger partial charge < -0.3 is 15.2 Å². The minimum absolute atomic E-state index is 0.0425. The van der Waals surface area contributed by atoms with Gasteiger partial charge in [0.25, 0.3) is 5.91 Å². The van der Waals surface area contributed by atoms with E-state index in [0.29, 0.717) is 24.6 Å². The first-order chi connectivity index (χ1) is 15.1. The van der Waals surface area contributed by atoms with Gasteiger partial charge in [-0.1, -0.05) is 37.5 Å². The molecule has 7 heteroatoms. The van der Waals surface area contributed by atoms with Crippen LogP contribution in [0.4, 0.5) is 5.82 Å². The van der Waals surface area contributed by atoms with E-state index in [2.05, 4.69) is 39.5 Å². The zero-order chi connectivity index (χ0) is 22.1. The van der Waals surface area contributed by atoms with Crippen LogP contribution in [0.25, 0.3) is 6.08 Å². The summed E-state index contributed by atoms with van der Waals surface area (Å²) in [5, 5.41) is 2.68. The van der Waals surface area contributed by atoms with E-state index < -0.39 is 0 Å². The molecule has 0 aliphatic carbocycles. The van der Waals surface area contributed by atoms with E-state index in [1.54, 1.807) is 36.6 Å². The topological polar surface area (TPSA) is 91.0 Å². The van der Waals surface area contributed by atoms with Crippen LogP contribution >= 0.6 is 0 Å². The molecule has 3 heterocycles. The third kappa shape index (κ3) is 5.99. The van der Waals surface area contributed by atoms with Gasteiger partial charge in [0.1, 0.15) is 11.5 Å². The molecule has 0 saturated heterocycles. The molecule has 0 bridgehead atoms. The number of nitrogens with zero attached hydrogens (tertiary/aromatic N) is 3. The van der Waals surface area contributed by atoms with E-state index in [1.807, 2.05) is 17.1 Å². The fourth-order valence-corrected chi connectivity index (χ4v) is 3.19. The number of rotatable bonds is 7. The predicted octanol–water partition coefficient (Wildman–Crippen LogP) is 3.92. The Bertz CT molecular complexity index is 1030. The van der Waals surface area contributed by atoms with E-state index >= 15 is 0 Å². The van der Waals surface area contributed by atoms with Gasteiger partial charge in [0.15, 0.2) is 0 Å². The second kappa shape index (κ2) is 10.7. The number of aromatic amines is 1. The van der Waals surface area contributed by atoms with Crippen LogP contribution < -0.4 is 5.32 Å². The minimum Gasteiger partial charge on any atom is -0.341 e. The maximum Gasteiger partial charge on any atom is 0.274 e. The summed E-state index contributed by atoms with van der Waals surface area (Å²) in [5.41, 5.74) is 3.35. The molecule has 1 aliphatic heterocycles. The van der Waals surface area contributed by atoms with Crippen LogP contribution in [0.1, 0.15) is 28.9 Å². The molecule has 158 valence electrons. The van der Waals surface area contributed by atoms with Crippen molar-refractivity contribution in [1.82, 2.24) is 19.9 Å². The Balaban J connectivity index is 1.55. The third-order valence-electron chi connectivity index (χ3n) is 4.83. The lowest BCUT2D eigenvalue weighted by Crippen LogP contribution is -2.30. The average molecular weight is 415 g/mol. The summed E-state index contributed by atoms with van der Waals surface area (Å²) in [6.45, 7) is 8.91. The van der Waals surface area contributed by atoms with E-state index in [1.165, 1.54) is 18.1 Å². The summed E-state index contributed by atoms with van der Waals surface area (Å²) < 4.78 is 0. The molecule has 2 amide bonds. The highest BCUT2D eigenvalue weighted by atomic mass is 16.2. The molecule has 0 aromatic carbocycles. The molecule has 7 nitrogen and oxygen atoms in total. The second-order valence-electron chi connectivity index (χ2n) is 6.88. The largest absolute Gasteiger partial charge is 0.341 e. The van der Waals surface area contributed by atoms with E-state index in [4.69, 9.17) is 0 Å². The Morgan fingerprint density at radius 3 is 2.74 bits per heavy atom. The van der Waals surface area contributed by atoms with Gasteiger partial charge in [0, 0.05) is 25.4 Å². The molecule has 0 atom stereocenters. The van der Waals surface area contributed by atoms with Crippen molar-refractivity contribution in [2.45, 2.75) is 12.8 Å². The number of nitrogens with one attached hydrogen (secondary N) is 2. The van der Waals surface area contributed by atoms with Crippen molar-refractivity contribution < 1.29 is 9.59 Å². The highest BCUT2D eigenvalue weighted by Gasteiger charge is 2.15. The monoisotopic (exact) mass is 415 g/mol. The van der Waals surface area contributed by atoms with E-state index in [-0.39, 0.29) is 11.8 Å². The van der Waals surface area contributed by atoms with E-state index in [9.17, 15) is 9.59 Å². The first-order valence-corrected chi connectivity index (χ1v) is 9.98. The number of hydrogen-bond acceptors (Lipinski definition) is 4. The summed E-state index contributed by atoms with van der Waals surface area (Å²) in [4.78, 5) is 37.2. The van der Waals surface area contributed by atoms with Crippen LogP contribution in [-0.4, -0.2) is 44.8 Å². The zero-order valence-corrected chi connectivity index (χ0v) is 17.3. The summed E-state index contributed by atoms with van der Waals surface area (Å²) in [6, 6.07) is 3.47. The van der Waals surface area contributed by atoms with Crippen molar-refractivity contribution in [3.05, 3.63) is 96.8 Å². The zero-order valence-electron chi connectivity index (χ0n) is 17.3. The third-order valence-corrected chi connectivity index (χ3v) is 4.83. The van der Waals surface area contributed by atoms with Crippen LogP contribution in [0.5, 0.6) is 0 Å². The number of hydrogen-bond donors (Lipinski definition) is 2. The van der Waals surface area contributed by atoms with Crippen LogP contribution in [0, 0.1) is 0 Å². The van der Waals surface area contributed by atoms with E-state index in [0.717, 1.165) is 24.0 Å². The van der Waals surface area contributed by atoms with Gasteiger partial charge in [-0.05, 0) is 47.8 Å². The molecule has 1 aliphatic rings. The van der Waals surface area contributed by atoms with Crippen LogP contribution in [0.15, 0.2) is 85.5 Å². The van der Waals surface area contributed by atoms with Crippen LogP contribution in [0.2, 0.25) is 0 Å². The highest BCUT2D eigenvalue weighted by Crippen LogP contribution is 2.20. The molecule has 0 spiro atoms. The Morgan fingerprint density at radius 1 is 1.19 bits per heavy atom. The van der Waals surface area contributed by atoms with Crippen LogP contribution in [0.3, 0.4) is 0 Å². The number of allylic oxidation sites excluding steroid dienone is 4. The lowest BCUT2D eigenvalue weighted by atomic mass is 10.0. The number of amides is 2. The number of carbonyl (C=O) groups excluding carboxylic acids is 2. The number of imidazole rings is 1. The normalized spacial score (nSPS) is 14.6. The molecular weight excluding hydrogens is 390 g/mol. The van der Waals surface area contributed by atoms with Crippen molar-refractivity contribution in [3.63, 3.8) is 0 Å². The van der Waals surface area contributed by atoms with Gasteiger partial charge >= 0.3 is 0 Å². The highest BCUT2D eigenvalue weighted by molar-refractivity contribution is 6.02. The van der Waals surface area contributed by atoms with Crippen molar-refractivity contribution in [2.75, 3.05) is 18.4 Å².